The van der Waals surface area contributed by atoms with Crippen LogP contribution in [0.25, 0.3) is 0 Å². The SMILES string of the molecule is Cc1ccc(CC2(C(F)(F)F)CCCCCN2)cc1. The van der Waals surface area contributed by atoms with E-state index in [4.69, 9.17) is 0 Å². The van der Waals surface area contributed by atoms with Crippen LogP contribution in [0.4, 0.5) is 13.2 Å². The second-order valence-corrected chi connectivity index (χ2v) is 5.48. The van der Waals surface area contributed by atoms with Crippen LogP contribution in [0.1, 0.15) is 36.8 Å². The fraction of sp³-hybridized carbons (Fsp3) is 0.600. The number of hydrogen-bond donors (Lipinski definition) is 1. The Kier molecular flexibility index (Phi) is 4.19. The highest BCUT2D eigenvalue weighted by molar-refractivity contribution is 5.24. The summed E-state index contributed by atoms with van der Waals surface area (Å²) in [5, 5.41) is 2.77. The number of alkyl halides is 3. The molecule has 19 heavy (non-hydrogen) atoms. The minimum atomic E-state index is -4.21. The molecular weight excluding hydrogens is 251 g/mol. The number of aryl methyl sites for hydroxylation is 1. The summed E-state index contributed by atoms with van der Waals surface area (Å²) in [6.07, 6.45) is -1.67. The molecule has 1 unspecified atom stereocenters. The molecule has 1 heterocycles. The zero-order valence-electron chi connectivity index (χ0n) is 11.2. The summed E-state index contributed by atoms with van der Waals surface area (Å²) in [6.45, 7) is 2.39. The van der Waals surface area contributed by atoms with Gasteiger partial charge in [-0.25, -0.2) is 0 Å². The number of rotatable bonds is 2. The molecule has 0 bridgehead atoms. The summed E-state index contributed by atoms with van der Waals surface area (Å²) in [4.78, 5) is 0. The lowest BCUT2D eigenvalue weighted by molar-refractivity contribution is -0.198. The Morgan fingerprint density at radius 1 is 1.11 bits per heavy atom. The molecule has 0 spiro atoms. The highest BCUT2D eigenvalue weighted by atomic mass is 19.4. The lowest BCUT2D eigenvalue weighted by Gasteiger charge is -2.36. The molecular formula is C15H20F3N. The van der Waals surface area contributed by atoms with Crippen LogP contribution in [0.2, 0.25) is 0 Å². The summed E-state index contributed by atoms with van der Waals surface area (Å²) >= 11 is 0. The van der Waals surface area contributed by atoms with Gasteiger partial charge in [-0.1, -0.05) is 42.7 Å². The Hall–Kier alpha value is -1.03. The van der Waals surface area contributed by atoms with Crippen LogP contribution in [0.5, 0.6) is 0 Å². The van der Waals surface area contributed by atoms with Gasteiger partial charge >= 0.3 is 6.18 Å². The van der Waals surface area contributed by atoms with E-state index < -0.39 is 11.7 Å². The molecule has 2 rings (SSSR count). The second kappa shape index (κ2) is 5.53. The normalized spacial score (nSPS) is 25.1. The van der Waals surface area contributed by atoms with E-state index in [9.17, 15) is 13.2 Å². The average molecular weight is 271 g/mol. The van der Waals surface area contributed by atoms with E-state index in [2.05, 4.69) is 5.32 Å². The van der Waals surface area contributed by atoms with Gasteiger partial charge in [0.2, 0.25) is 0 Å². The highest BCUT2D eigenvalue weighted by Crippen LogP contribution is 2.38. The lowest BCUT2D eigenvalue weighted by Crippen LogP contribution is -2.57. The van der Waals surface area contributed by atoms with E-state index in [1.165, 1.54) is 0 Å². The fourth-order valence-electron chi connectivity index (χ4n) is 2.69. The zero-order chi connectivity index (χ0) is 13.9. The largest absolute Gasteiger partial charge is 0.406 e. The number of benzene rings is 1. The first-order valence-electron chi connectivity index (χ1n) is 6.80. The van der Waals surface area contributed by atoms with Gasteiger partial charge in [0.1, 0.15) is 5.54 Å². The minimum Gasteiger partial charge on any atom is -0.303 e. The van der Waals surface area contributed by atoms with Gasteiger partial charge in [-0.2, -0.15) is 13.2 Å². The van der Waals surface area contributed by atoms with Crippen molar-refractivity contribution in [2.24, 2.45) is 0 Å². The molecule has 106 valence electrons. The van der Waals surface area contributed by atoms with Crippen molar-refractivity contribution in [2.75, 3.05) is 6.54 Å². The van der Waals surface area contributed by atoms with Crippen molar-refractivity contribution in [1.29, 1.82) is 0 Å². The van der Waals surface area contributed by atoms with E-state index >= 15 is 0 Å². The third-order valence-corrected chi connectivity index (χ3v) is 3.91. The third-order valence-electron chi connectivity index (χ3n) is 3.91. The molecule has 0 radical (unpaired) electrons. The topological polar surface area (TPSA) is 12.0 Å². The standard InChI is InChI=1S/C15H20F3N/c1-12-5-7-13(8-6-12)11-14(15(16,17)18)9-3-2-4-10-19-14/h5-8,19H,2-4,9-11H2,1H3. The summed E-state index contributed by atoms with van der Waals surface area (Å²) in [5.74, 6) is 0. The predicted octanol–water partition coefficient (Wildman–Crippen LogP) is 4.00. The van der Waals surface area contributed by atoms with Gasteiger partial charge in [0.15, 0.2) is 0 Å². The molecule has 1 aromatic rings. The van der Waals surface area contributed by atoms with Gasteiger partial charge in [-0.15, -0.1) is 0 Å². The quantitative estimate of drug-likeness (QED) is 0.857. The monoisotopic (exact) mass is 271 g/mol. The third kappa shape index (κ3) is 3.30. The highest BCUT2D eigenvalue weighted by Gasteiger charge is 2.54. The van der Waals surface area contributed by atoms with Gasteiger partial charge in [0, 0.05) is 0 Å². The Morgan fingerprint density at radius 2 is 1.79 bits per heavy atom. The molecule has 0 saturated carbocycles. The second-order valence-electron chi connectivity index (χ2n) is 5.48. The molecule has 0 amide bonds. The molecule has 1 fully saturated rings. The first kappa shape index (κ1) is 14.4. The van der Waals surface area contributed by atoms with E-state index in [0.29, 0.717) is 13.0 Å². The van der Waals surface area contributed by atoms with Crippen LogP contribution in [0.15, 0.2) is 24.3 Å². The van der Waals surface area contributed by atoms with Crippen molar-refractivity contribution < 1.29 is 13.2 Å². The maximum Gasteiger partial charge on any atom is 0.406 e. The van der Waals surface area contributed by atoms with Crippen molar-refractivity contribution in [3.05, 3.63) is 35.4 Å². The van der Waals surface area contributed by atoms with Gasteiger partial charge < -0.3 is 5.32 Å². The summed E-state index contributed by atoms with van der Waals surface area (Å²) < 4.78 is 40.4. The lowest BCUT2D eigenvalue weighted by atomic mass is 9.85. The van der Waals surface area contributed by atoms with Crippen molar-refractivity contribution in [2.45, 2.75) is 50.7 Å². The maximum atomic E-state index is 13.5. The van der Waals surface area contributed by atoms with Gasteiger partial charge in [0.25, 0.3) is 0 Å². The summed E-state index contributed by atoms with van der Waals surface area (Å²) in [5.41, 5.74) is 0.0645. The number of nitrogens with one attached hydrogen (secondary N) is 1. The first-order valence-corrected chi connectivity index (χ1v) is 6.80. The molecule has 1 aliphatic heterocycles. The van der Waals surface area contributed by atoms with Crippen molar-refractivity contribution in [1.82, 2.24) is 5.32 Å². The summed E-state index contributed by atoms with van der Waals surface area (Å²) in [7, 11) is 0. The fourth-order valence-corrected chi connectivity index (χ4v) is 2.69. The molecule has 1 nitrogen and oxygen atoms in total. The van der Waals surface area contributed by atoms with Crippen LogP contribution in [-0.4, -0.2) is 18.3 Å². The molecule has 1 N–H and O–H groups in total. The molecule has 4 heteroatoms. The van der Waals surface area contributed by atoms with Crippen molar-refractivity contribution in [3.63, 3.8) is 0 Å². The van der Waals surface area contributed by atoms with E-state index in [0.717, 1.165) is 24.0 Å². The van der Waals surface area contributed by atoms with Crippen LogP contribution >= 0.6 is 0 Å². The van der Waals surface area contributed by atoms with E-state index in [-0.39, 0.29) is 12.8 Å². The molecule has 1 saturated heterocycles. The van der Waals surface area contributed by atoms with Crippen LogP contribution in [0.3, 0.4) is 0 Å². The Bertz CT molecular complexity index is 400. The zero-order valence-corrected chi connectivity index (χ0v) is 11.2. The molecule has 1 atom stereocenters. The van der Waals surface area contributed by atoms with Gasteiger partial charge in [-0.3, -0.25) is 0 Å². The average Bonchev–Trinajstić information content (AvgIpc) is 2.58. The van der Waals surface area contributed by atoms with Gasteiger partial charge in [0.05, 0.1) is 0 Å². The Morgan fingerprint density at radius 3 is 2.42 bits per heavy atom. The van der Waals surface area contributed by atoms with Crippen molar-refractivity contribution >= 4 is 0 Å². The summed E-state index contributed by atoms with van der Waals surface area (Å²) in [6, 6.07) is 7.34. The van der Waals surface area contributed by atoms with Crippen LogP contribution < -0.4 is 5.32 Å². The maximum absolute atomic E-state index is 13.5. The number of halogens is 3. The Labute approximate surface area is 112 Å². The molecule has 0 aromatic heterocycles. The molecule has 0 aliphatic carbocycles. The predicted molar refractivity (Wildman–Crippen MR) is 70.1 cm³/mol. The Balaban J connectivity index is 2.25. The van der Waals surface area contributed by atoms with E-state index in [1.54, 1.807) is 12.1 Å². The van der Waals surface area contributed by atoms with Crippen LogP contribution in [0, 0.1) is 6.92 Å². The number of hydrogen-bond acceptors (Lipinski definition) is 1. The smallest absolute Gasteiger partial charge is 0.303 e. The van der Waals surface area contributed by atoms with Crippen LogP contribution in [-0.2, 0) is 6.42 Å². The molecule has 1 aliphatic rings. The minimum absolute atomic E-state index is 0.0246. The first-order chi connectivity index (χ1) is 8.93. The molecule has 1 aromatic carbocycles. The van der Waals surface area contributed by atoms with Gasteiger partial charge in [-0.05, 0) is 38.3 Å². The van der Waals surface area contributed by atoms with Crippen molar-refractivity contribution in [3.8, 4) is 0 Å². The van der Waals surface area contributed by atoms with E-state index in [1.807, 2.05) is 19.1 Å².